The van der Waals surface area contributed by atoms with Crippen LogP contribution in [0.25, 0.3) is 6.08 Å². The van der Waals surface area contributed by atoms with E-state index in [4.69, 9.17) is 12.2 Å². The van der Waals surface area contributed by atoms with Crippen molar-refractivity contribution in [3.8, 4) is 0 Å². The second kappa shape index (κ2) is 8.46. The van der Waals surface area contributed by atoms with Gasteiger partial charge in [0.15, 0.2) is 5.11 Å². The molecule has 0 atom stereocenters. The van der Waals surface area contributed by atoms with E-state index in [2.05, 4.69) is 52.7 Å². The molecule has 1 aromatic carbocycles. The van der Waals surface area contributed by atoms with Gasteiger partial charge in [-0.1, -0.05) is 49.2 Å². The average Bonchev–Trinajstić information content (AvgIpc) is 3.09. The number of piperazine rings is 1. The van der Waals surface area contributed by atoms with E-state index >= 15 is 0 Å². The Labute approximate surface area is 145 Å². The lowest BCUT2D eigenvalue weighted by Crippen LogP contribution is -3.14. The Morgan fingerprint density at radius 2 is 1.87 bits per heavy atom. The van der Waals surface area contributed by atoms with Crippen LogP contribution in [-0.4, -0.2) is 48.8 Å². The van der Waals surface area contributed by atoms with Gasteiger partial charge in [0, 0.05) is 6.04 Å². The smallest absolute Gasteiger partial charge is 0.169 e. The first-order valence-electron chi connectivity index (χ1n) is 8.92. The molecule has 0 unspecified atom stereocenters. The summed E-state index contributed by atoms with van der Waals surface area (Å²) >= 11 is 5.59. The number of hydrogen-bond donors (Lipinski definition) is 2. The summed E-state index contributed by atoms with van der Waals surface area (Å²) in [7, 11) is 0. The number of thiocarbonyl (C=S) groups is 1. The molecule has 0 aromatic heterocycles. The summed E-state index contributed by atoms with van der Waals surface area (Å²) in [6.07, 6.45) is 9.81. The van der Waals surface area contributed by atoms with Crippen LogP contribution in [0.1, 0.15) is 31.2 Å². The van der Waals surface area contributed by atoms with Gasteiger partial charge in [-0.15, -0.1) is 0 Å². The molecule has 2 fully saturated rings. The number of quaternary nitrogens is 1. The Morgan fingerprint density at radius 1 is 1.17 bits per heavy atom. The predicted molar refractivity (Wildman–Crippen MR) is 101 cm³/mol. The van der Waals surface area contributed by atoms with Crippen LogP contribution in [0.4, 0.5) is 0 Å². The molecule has 3 nitrogen and oxygen atoms in total. The first kappa shape index (κ1) is 16.5. The molecule has 3 rings (SSSR count). The van der Waals surface area contributed by atoms with E-state index in [-0.39, 0.29) is 0 Å². The van der Waals surface area contributed by atoms with Crippen LogP contribution in [0.3, 0.4) is 0 Å². The normalized spacial score (nSPS) is 20.3. The van der Waals surface area contributed by atoms with Crippen LogP contribution >= 0.6 is 12.2 Å². The van der Waals surface area contributed by atoms with Crippen molar-refractivity contribution in [3.05, 3.63) is 42.0 Å². The van der Waals surface area contributed by atoms with Crippen LogP contribution in [0.5, 0.6) is 0 Å². The quantitative estimate of drug-likeness (QED) is 0.820. The fourth-order valence-electron chi connectivity index (χ4n) is 3.49. The summed E-state index contributed by atoms with van der Waals surface area (Å²) < 4.78 is 0. The fourth-order valence-corrected chi connectivity index (χ4v) is 3.84. The van der Waals surface area contributed by atoms with E-state index in [9.17, 15) is 0 Å². The maximum absolute atomic E-state index is 5.59. The predicted octanol–water partition coefficient (Wildman–Crippen LogP) is 1.72. The average molecular weight is 331 g/mol. The maximum Gasteiger partial charge on any atom is 0.169 e. The minimum absolute atomic E-state index is 0.627. The third kappa shape index (κ3) is 5.05. The first-order chi connectivity index (χ1) is 11.3. The van der Waals surface area contributed by atoms with Crippen molar-refractivity contribution in [2.75, 3.05) is 32.7 Å². The lowest BCUT2D eigenvalue weighted by atomic mass is 10.2. The Hall–Kier alpha value is -1.39. The molecule has 2 aliphatic rings. The number of nitrogens with zero attached hydrogens (tertiary/aromatic N) is 1. The molecule has 124 valence electrons. The van der Waals surface area contributed by atoms with Crippen molar-refractivity contribution < 1.29 is 4.90 Å². The van der Waals surface area contributed by atoms with E-state index in [1.165, 1.54) is 44.3 Å². The largest absolute Gasteiger partial charge is 0.360 e. The van der Waals surface area contributed by atoms with E-state index in [1.54, 1.807) is 4.90 Å². The maximum atomic E-state index is 5.59. The third-order valence-electron chi connectivity index (χ3n) is 4.96. The Morgan fingerprint density at radius 3 is 2.57 bits per heavy atom. The van der Waals surface area contributed by atoms with Crippen LogP contribution in [-0.2, 0) is 0 Å². The number of benzene rings is 1. The van der Waals surface area contributed by atoms with Crippen molar-refractivity contribution in [3.63, 3.8) is 0 Å². The molecule has 4 heteroatoms. The molecular weight excluding hydrogens is 302 g/mol. The van der Waals surface area contributed by atoms with Gasteiger partial charge in [-0.3, -0.25) is 0 Å². The number of hydrogen-bond acceptors (Lipinski definition) is 1. The minimum Gasteiger partial charge on any atom is -0.360 e. The highest BCUT2D eigenvalue weighted by atomic mass is 32.1. The summed E-state index contributed by atoms with van der Waals surface area (Å²) in [4.78, 5) is 4.01. The fraction of sp³-hybridized carbons (Fsp3) is 0.526. The third-order valence-corrected chi connectivity index (χ3v) is 5.33. The van der Waals surface area contributed by atoms with E-state index in [0.29, 0.717) is 6.04 Å². The van der Waals surface area contributed by atoms with Crippen molar-refractivity contribution in [2.24, 2.45) is 0 Å². The number of rotatable bonds is 4. The molecule has 0 amide bonds. The Kier molecular flexibility index (Phi) is 6.06. The molecule has 0 radical (unpaired) electrons. The molecule has 1 saturated carbocycles. The standard InChI is InChI=1S/C19H27N3S/c23-19(20-18-10-4-5-11-18)22-15-13-21(14-16-22)12-6-9-17-7-2-1-3-8-17/h1-3,6-9,18H,4-5,10-16H2,(H,20,23)/p+1/b9-6+. The van der Waals surface area contributed by atoms with Crippen molar-refractivity contribution in [2.45, 2.75) is 31.7 Å². The van der Waals surface area contributed by atoms with Crippen LogP contribution < -0.4 is 10.2 Å². The van der Waals surface area contributed by atoms with Crippen molar-refractivity contribution >= 4 is 23.4 Å². The van der Waals surface area contributed by atoms with Gasteiger partial charge < -0.3 is 15.1 Å². The molecule has 0 spiro atoms. The van der Waals surface area contributed by atoms with Gasteiger partial charge in [0.05, 0.1) is 32.7 Å². The molecule has 1 heterocycles. The van der Waals surface area contributed by atoms with Gasteiger partial charge in [0.2, 0.25) is 0 Å². The lowest BCUT2D eigenvalue weighted by Gasteiger charge is -2.34. The highest BCUT2D eigenvalue weighted by Gasteiger charge is 2.23. The second-order valence-electron chi connectivity index (χ2n) is 6.69. The highest BCUT2D eigenvalue weighted by Crippen LogP contribution is 2.17. The lowest BCUT2D eigenvalue weighted by molar-refractivity contribution is -0.897. The summed E-state index contributed by atoms with van der Waals surface area (Å²) in [5.74, 6) is 0. The van der Waals surface area contributed by atoms with Crippen molar-refractivity contribution in [1.29, 1.82) is 0 Å². The monoisotopic (exact) mass is 330 g/mol. The topological polar surface area (TPSA) is 19.7 Å². The molecule has 0 bridgehead atoms. The van der Waals surface area contributed by atoms with Gasteiger partial charge in [0.25, 0.3) is 0 Å². The molecule has 1 aromatic rings. The van der Waals surface area contributed by atoms with Gasteiger partial charge in [0.1, 0.15) is 0 Å². The van der Waals surface area contributed by atoms with Crippen molar-refractivity contribution in [1.82, 2.24) is 10.2 Å². The molecule has 1 aliphatic carbocycles. The Balaban J connectivity index is 1.38. The first-order valence-corrected chi connectivity index (χ1v) is 9.33. The van der Waals surface area contributed by atoms with Crippen LogP contribution in [0, 0.1) is 0 Å². The van der Waals surface area contributed by atoms with Gasteiger partial charge >= 0.3 is 0 Å². The van der Waals surface area contributed by atoms with Gasteiger partial charge in [-0.2, -0.15) is 0 Å². The highest BCUT2D eigenvalue weighted by molar-refractivity contribution is 7.80. The minimum atomic E-state index is 0.627. The summed E-state index contributed by atoms with van der Waals surface area (Å²) in [6, 6.07) is 11.2. The number of nitrogens with one attached hydrogen (secondary N) is 2. The molecule has 23 heavy (non-hydrogen) atoms. The molecule has 1 saturated heterocycles. The SMILES string of the molecule is S=C(NC1CCCC1)N1CC[NH+](C/C=C/c2ccccc2)CC1. The zero-order chi connectivity index (χ0) is 15.9. The van der Waals surface area contributed by atoms with E-state index in [0.717, 1.165) is 24.7 Å². The summed E-state index contributed by atoms with van der Waals surface area (Å²) in [6.45, 7) is 5.60. The van der Waals surface area contributed by atoms with E-state index < -0.39 is 0 Å². The van der Waals surface area contributed by atoms with Crippen LogP contribution in [0.15, 0.2) is 36.4 Å². The molecule has 1 aliphatic heterocycles. The Bertz CT molecular complexity index is 515. The zero-order valence-corrected chi connectivity index (χ0v) is 14.7. The van der Waals surface area contributed by atoms with E-state index in [1.807, 2.05) is 0 Å². The summed E-state index contributed by atoms with van der Waals surface area (Å²) in [5, 5.41) is 4.54. The zero-order valence-electron chi connectivity index (χ0n) is 13.8. The van der Waals surface area contributed by atoms with Gasteiger partial charge in [-0.25, -0.2) is 0 Å². The molecular formula is C19H28N3S+. The van der Waals surface area contributed by atoms with Crippen LogP contribution in [0.2, 0.25) is 0 Å². The van der Waals surface area contributed by atoms with Gasteiger partial charge in [-0.05, 0) is 36.7 Å². The summed E-state index contributed by atoms with van der Waals surface area (Å²) in [5.41, 5.74) is 1.28. The second-order valence-corrected chi connectivity index (χ2v) is 7.07. The molecule has 2 N–H and O–H groups in total.